The number of halogens is 6. The number of sulfonamides is 1. The van der Waals surface area contributed by atoms with Gasteiger partial charge in [-0.05, 0) is 37.3 Å². The average molecular weight is 476 g/mol. The molecule has 0 amide bonds. The standard InChI is InChI=1S/C16H12Cl3F3N2O3S/c1-9(23-27-8-12-13(18)3-2-4-14(12)19)11-7-10(17)5-6-15(11)24-28(25,26)16(20,21)22/h2-7,24H,8H2,1H3/b23-9+. The highest BCUT2D eigenvalue weighted by molar-refractivity contribution is 7.93. The maximum Gasteiger partial charge on any atom is 0.516 e. The summed E-state index contributed by atoms with van der Waals surface area (Å²) >= 11 is 17.9. The lowest BCUT2D eigenvalue weighted by Crippen LogP contribution is -2.30. The fraction of sp³-hybridized carbons (Fsp3) is 0.188. The Morgan fingerprint density at radius 2 is 1.75 bits per heavy atom. The van der Waals surface area contributed by atoms with Crippen LogP contribution in [-0.2, 0) is 21.5 Å². The number of hydrogen-bond acceptors (Lipinski definition) is 4. The first kappa shape index (κ1) is 22.6. The summed E-state index contributed by atoms with van der Waals surface area (Å²) in [5.41, 5.74) is -5.29. The van der Waals surface area contributed by atoms with Crippen LogP contribution in [0.25, 0.3) is 0 Å². The normalized spacial score (nSPS) is 12.8. The second-order valence-electron chi connectivity index (χ2n) is 5.39. The van der Waals surface area contributed by atoms with Gasteiger partial charge in [0.15, 0.2) is 0 Å². The molecule has 0 radical (unpaired) electrons. The third-order valence-electron chi connectivity index (χ3n) is 3.39. The van der Waals surface area contributed by atoms with Crippen LogP contribution in [0.4, 0.5) is 18.9 Å². The molecule has 152 valence electrons. The van der Waals surface area contributed by atoms with Crippen LogP contribution in [0.2, 0.25) is 15.1 Å². The molecular formula is C16H12Cl3F3N2O3S. The van der Waals surface area contributed by atoms with Gasteiger partial charge in [-0.25, -0.2) is 0 Å². The van der Waals surface area contributed by atoms with E-state index in [9.17, 15) is 21.6 Å². The van der Waals surface area contributed by atoms with Crippen LogP contribution in [0, 0.1) is 0 Å². The number of oxime groups is 1. The van der Waals surface area contributed by atoms with Crippen molar-refractivity contribution in [2.45, 2.75) is 19.0 Å². The molecule has 0 aliphatic rings. The van der Waals surface area contributed by atoms with Crippen LogP contribution >= 0.6 is 34.8 Å². The highest BCUT2D eigenvalue weighted by Gasteiger charge is 2.46. The zero-order valence-electron chi connectivity index (χ0n) is 14.0. The third-order valence-corrected chi connectivity index (χ3v) is 5.43. The Kier molecular flexibility index (Phi) is 7.08. The van der Waals surface area contributed by atoms with Crippen LogP contribution in [0.3, 0.4) is 0 Å². The molecule has 0 saturated heterocycles. The Bertz CT molecular complexity index is 992. The van der Waals surface area contributed by atoms with Crippen LogP contribution < -0.4 is 4.72 Å². The van der Waals surface area contributed by atoms with E-state index in [2.05, 4.69) is 5.16 Å². The molecule has 0 saturated carbocycles. The lowest BCUT2D eigenvalue weighted by molar-refractivity contribution is -0.0429. The molecule has 0 unspecified atom stereocenters. The Balaban J connectivity index is 2.28. The molecule has 0 fully saturated rings. The first-order valence-electron chi connectivity index (χ1n) is 7.41. The van der Waals surface area contributed by atoms with Gasteiger partial charge in [0.1, 0.15) is 6.61 Å². The van der Waals surface area contributed by atoms with Gasteiger partial charge in [0.25, 0.3) is 0 Å². The van der Waals surface area contributed by atoms with Crippen molar-refractivity contribution in [3.05, 3.63) is 62.6 Å². The van der Waals surface area contributed by atoms with Gasteiger partial charge < -0.3 is 4.84 Å². The molecule has 0 spiro atoms. The molecule has 28 heavy (non-hydrogen) atoms. The van der Waals surface area contributed by atoms with E-state index >= 15 is 0 Å². The van der Waals surface area contributed by atoms with Crippen molar-refractivity contribution in [1.29, 1.82) is 0 Å². The molecule has 2 aromatic carbocycles. The number of anilines is 1. The van der Waals surface area contributed by atoms with Crippen molar-refractivity contribution in [2.75, 3.05) is 4.72 Å². The Hall–Kier alpha value is -1.68. The monoisotopic (exact) mass is 474 g/mol. The van der Waals surface area contributed by atoms with Gasteiger partial charge in [0.05, 0.1) is 11.4 Å². The summed E-state index contributed by atoms with van der Waals surface area (Å²) in [6.45, 7) is 1.30. The van der Waals surface area contributed by atoms with Gasteiger partial charge in [-0.1, -0.05) is 46.0 Å². The van der Waals surface area contributed by atoms with Gasteiger partial charge in [-0.3, -0.25) is 4.72 Å². The van der Waals surface area contributed by atoms with Gasteiger partial charge in [-0.15, -0.1) is 0 Å². The molecule has 0 atom stereocenters. The lowest BCUT2D eigenvalue weighted by atomic mass is 10.1. The molecule has 0 aliphatic heterocycles. The molecule has 0 aromatic heterocycles. The van der Waals surface area contributed by atoms with Crippen LogP contribution in [0.15, 0.2) is 41.6 Å². The zero-order chi connectivity index (χ0) is 21.1. The zero-order valence-corrected chi connectivity index (χ0v) is 17.1. The minimum atomic E-state index is -5.62. The molecular weight excluding hydrogens is 464 g/mol. The molecule has 5 nitrogen and oxygen atoms in total. The summed E-state index contributed by atoms with van der Waals surface area (Å²) in [5.74, 6) is 0. The predicted octanol–water partition coefficient (Wildman–Crippen LogP) is 5.85. The fourth-order valence-electron chi connectivity index (χ4n) is 2.02. The first-order valence-corrected chi connectivity index (χ1v) is 10.0. The summed E-state index contributed by atoms with van der Waals surface area (Å²) in [6, 6.07) is 8.42. The maximum atomic E-state index is 12.6. The van der Waals surface area contributed by atoms with Crippen molar-refractivity contribution in [1.82, 2.24) is 0 Å². The Morgan fingerprint density at radius 1 is 1.14 bits per heavy atom. The molecule has 0 bridgehead atoms. The number of nitrogens with zero attached hydrogens (tertiary/aromatic N) is 1. The quantitative estimate of drug-likeness (QED) is 0.421. The van der Waals surface area contributed by atoms with Gasteiger partial charge in [0, 0.05) is 26.2 Å². The maximum absolute atomic E-state index is 12.6. The van der Waals surface area contributed by atoms with Gasteiger partial charge in [0.2, 0.25) is 0 Å². The second-order valence-corrected chi connectivity index (χ2v) is 8.32. The number of nitrogens with one attached hydrogen (secondary N) is 1. The Labute approximate surface area is 174 Å². The Morgan fingerprint density at radius 3 is 2.32 bits per heavy atom. The van der Waals surface area contributed by atoms with Crippen molar-refractivity contribution < 1.29 is 26.4 Å². The summed E-state index contributed by atoms with van der Waals surface area (Å²) in [4.78, 5) is 5.17. The molecule has 12 heteroatoms. The highest BCUT2D eigenvalue weighted by atomic mass is 35.5. The van der Waals surface area contributed by atoms with Gasteiger partial charge >= 0.3 is 15.5 Å². The van der Waals surface area contributed by atoms with E-state index in [0.717, 1.165) is 6.07 Å². The van der Waals surface area contributed by atoms with E-state index in [1.165, 1.54) is 23.8 Å². The largest absolute Gasteiger partial charge is 0.516 e. The topological polar surface area (TPSA) is 67.8 Å². The summed E-state index contributed by atoms with van der Waals surface area (Å²) in [6.07, 6.45) is 0. The smallest absolute Gasteiger partial charge is 0.391 e. The third kappa shape index (κ3) is 5.44. The van der Waals surface area contributed by atoms with Crippen LogP contribution in [-0.4, -0.2) is 19.6 Å². The van der Waals surface area contributed by atoms with Crippen molar-refractivity contribution in [2.24, 2.45) is 5.16 Å². The summed E-state index contributed by atoms with van der Waals surface area (Å²) < 4.78 is 62.2. The van der Waals surface area contributed by atoms with E-state index < -0.39 is 15.5 Å². The minimum absolute atomic E-state index is 0.00517. The van der Waals surface area contributed by atoms with Gasteiger partial charge in [-0.2, -0.15) is 21.6 Å². The molecule has 0 heterocycles. The predicted molar refractivity (Wildman–Crippen MR) is 104 cm³/mol. The lowest BCUT2D eigenvalue weighted by Gasteiger charge is -2.14. The van der Waals surface area contributed by atoms with E-state index in [4.69, 9.17) is 39.6 Å². The van der Waals surface area contributed by atoms with Crippen molar-refractivity contribution in [3.8, 4) is 0 Å². The van der Waals surface area contributed by atoms with E-state index in [-0.39, 0.29) is 28.6 Å². The fourth-order valence-corrected chi connectivity index (χ4v) is 3.28. The van der Waals surface area contributed by atoms with Crippen molar-refractivity contribution >= 4 is 56.2 Å². The molecule has 2 aromatic rings. The van der Waals surface area contributed by atoms with E-state index in [0.29, 0.717) is 15.6 Å². The van der Waals surface area contributed by atoms with Crippen molar-refractivity contribution in [3.63, 3.8) is 0 Å². The second kappa shape index (κ2) is 8.77. The van der Waals surface area contributed by atoms with E-state index in [1.807, 2.05) is 0 Å². The summed E-state index contributed by atoms with van der Waals surface area (Å²) in [5, 5.41) is 4.65. The number of hydrogen-bond donors (Lipinski definition) is 1. The molecule has 1 N–H and O–H groups in total. The number of rotatable bonds is 6. The summed E-state index contributed by atoms with van der Waals surface area (Å²) in [7, 11) is -5.62. The molecule has 2 rings (SSSR count). The minimum Gasteiger partial charge on any atom is -0.391 e. The number of benzene rings is 2. The van der Waals surface area contributed by atoms with E-state index in [1.54, 1.807) is 18.2 Å². The molecule has 0 aliphatic carbocycles. The average Bonchev–Trinajstić information content (AvgIpc) is 2.57. The number of alkyl halides is 3. The highest BCUT2D eigenvalue weighted by Crippen LogP contribution is 2.29. The van der Waals surface area contributed by atoms with Crippen LogP contribution in [0.1, 0.15) is 18.1 Å². The van der Waals surface area contributed by atoms with Crippen LogP contribution in [0.5, 0.6) is 0 Å². The first-order chi connectivity index (χ1) is 12.9. The SMILES string of the molecule is C/C(=N\OCc1c(Cl)cccc1Cl)c1cc(Cl)ccc1NS(=O)(=O)C(F)(F)F.